The van der Waals surface area contributed by atoms with Gasteiger partial charge in [-0.05, 0) is 74.0 Å². The Morgan fingerprint density at radius 3 is 2.33 bits per heavy atom. The van der Waals surface area contributed by atoms with Gasteiger partial charge in [0.2, 0.25) is 0 Å². The topological polar surface area (TPSA) is 73.9 Å². The molecule has 2 heterocycles. The van der Waals surface area contributed by atoms with Crippen LogP contribution >= 0.6 is 13.5 Å². The molecule has 0 bridgehead atoms. The number of nitrogens with zero attached hydrogens (tertiary/aromatic N) is 3. The fourth-order valence-corrected chi connectivity index (χ4v) is 4.40. The van der Waals surface area contributed by atoms with E-state index in [1.807, 2.05) is 64.5 Å². The van der Waals surface area contributed by atoms with Gasteiger partial charge in [0.05, 0.1) is 11.7 Å². The molecule has 3 aromatic rings. The van der Waals surface area contributed by atoms with Crippen LogP contribution in [0.1, 0.15) is 92.3 Å². The van der Waals surface area contributed by atoms with Crippen molar-refractivity contribution in [2.45, 2.75) is 78.8 Å². The number of hydrogen-bond donors (Lipinski definition) is 2. The number of pyridine rings is 1. The highest BCUT2D eigenvalue weighted by molar-refractivity contribution is 7.59. The van der Waals surface area contributed by atoms with Crippen LogP contribution in [0.5, 0.6) is 0 Å². The molecule has 36 heavy (non-hydrogen) atoms. The second-order valence-electron chi connectivity index (χ2n) is 8.81. The van der Waals surface area contributed by atoms with Crippen LogP contribution in [0, 0.1) is 6.92 Å². The number of aromatic nitrogens is 3. The maximum absolute atomic E-state index is 13.1. The second-order valence-corrected chi connectivity index (χ2v) is 8.81. The molecule has 3 unspecified atom stereocenters. The van der Waals surface area contributed by atoms with Crippen LogP contribution < -0.4 is 5.32 Å². The van der Waals surface area contributed by atoms with E-state index in [9.17, 15) is 4.79 Å². The molecule has 0 aliphatic carbocycles. The summed E-state index contributed by atoms with van der Waals surface area (Å²) in [6.45, 7) is 13.4. The van der Waals surface area contributed by atoms with Gasteiger partial charge >= 0.3 is 0 Å². The van der Waals surface area contributed by atoms with Gasteiger partial charge in [0, 0.05) is 36.7 Å². The van der Waals surface area contributed by atoms with Gasteiger partial charge in [-0.1, -0.05) is 52.8 Å². The normalized spacial score (nSPS) is 13.0. The Balaban J connectivity index is 0.00000211. The number of hydrogen-bond acceptors (Lipinski definition) is 4. The fraction of sp³-hybridized carbons (Fsp3) is 0.483. The van der Waals surface area contributed by atoms with Crippen molar-refractivity contribution in [1.82, 2.24) is 25.4 Å². The van der Waals surface area contributed by atoms with Crippen molar-refractivity contribution in [3.8, 4) is 0 Å². The van der Waals surface area contributed by atoms with Gasteiger partial charge < -0.3 is 10.2 Å². The van der Waals surface area contributed by atoms with Crippen LogP contribution in [0.4, 0.5) is 0 Å². The minimum Gasteiger partial charge on any atom is -0.333 e. The van der Waals surface area contributed by atoms with Crippen LogP contribution in [-0.2, 0) is 6.42 Å². The molecule has 7 heteroatoms. The molecule has 0 aliphatic rings. The number of nitrogens with one attached hydrogen (secondary N) is 2. The predicted octanol–water partition coefficient (Wildman–Crippen LogP) is 6.19. The Morgan fingerprint density at radius 1 is 1.11 bits per heavy atom. The van der Waals surface area contributed by atoms with Crippen LogP contribution in [0.2, 0.25) is 0 Å². The van der Waals surface area contributed by atoms with Crippen LogP contribution in [0.25, 0.3) is 0 Å². The summed E-state index contributed by atoms with van der Waals surface area (Å²) in [6, 6.07) is 14.5. The number of aromatic amines is 1. The van der Waals surface area contributed by atoms with Crippen molar-refractivity contribution >= 4 is 19.4 Å². The summed E-state index contributed by atoms with van der Waals surface area (Å²) in [5.41, 5.74) is 5.10. The zero-order valence-corrected chi connectivity index (χ0v) is 24.0. The highest BCUT2D eigenvalue weighted by Gasteiger charge is 2.23. The monoisotopic (exact) mass is 511 g/mol. The average Bonchev–Trinajstić information content (AvgIpc) is 3.34. The molecular formula is C29H45N5OS. The number of amides is 1. The summed E-state index contributed by atoms with van der Waals surface area (Å²) in [5.74, 6) is 0.424. The fourth-order valence-electron chi connectivity index (χ4n) is 4.40. The van der Waals surface area contributed by atoms with Crippen molar-refractivity contribution in [2.75, 3.05) is 13.6 Å². The van der Waals surface area contributed by atoms with E-state index in [-0.39, 0.29) is 25.4 Å². The highest BCUT2D eigenvalue weighted by Crippen LogP contribution is 2.24. The third-order valence-electron chi connectivity index (χ3n) is 6.52. The maximum atomic E-state index is 13.1. The Hall–Kier alpha value is -2.64. The number of benzene rings is 1. The van der Waals surface area contributed by atoms with E-state index in [1.165, 1.54) is 11.1 Å². The summed E-state index contributed by atoms with van der Waals surface area (Å²) in [7, 11) is 1.85. The standard InChI is InChI=1S/C27H37N5O.C2H6.H2S/c1-6-24(20(4)23-9-8-15-28-18-23)29-16-14-21-10-12-22(13-11-21)27(33)32(5)26(7-2)25-17-19(3)30-31-25;1-2;/h8-13,15,17-18,20,24,26,29H,6-7,14,16H2,1-5H3,(H,30,31);1-2H3;1H2. The molecule has 198 valence electrons. The van der Waals surface area contributed by atoms with E-state index in [1.54, 1.807) is 4.90 Å². The number of rotatable bonds is 11. The first kappa shape index (κ1) is 31.4. The summed E-state index contributed by atoms with van der Waals surface area (Å²) < 4.78 is 0. The average molecular weight is 512 g/mol. The SMILES string of the molecule is CC.CCC(NCCc1ccc(C(=O)N(C)C(CC)c2cc(C)[nH]n2)cc1)C(C)c1cccnc1.S. The molecule has 2 N–H and O–H groups in total. The summed E-state index contributed by atoms with van der Waals surface area (Å²) in [6.07, 6.45) is 6.57. The Bertz CT molecular complexity index is 1010. The predicted molar refractivity (Wildman–Crippen MR) is 155 cm³/mol. The minimum atomic E-state index is -0.0425. The molecule has 3 rings (SSSR count). The number of H-pyrrole nitrogens is 1. The molecule has 6 nitrogen and oxygen atoms in total. The maximum Gasteiger partial charge on any atom is 0.254 e. The van der Waals surface area contributed by atoms with E-state index < -0.39 is 0 Å². The number of aryl methyl sites for hydroxylation is 1. The molecule has 1 aromatic carbocycles. The van der Waals surface area contributed by atoms with E-state index >= 15 is 0 Å². The van der Waals surface area contributed by atoms with Gasteiger partial charge in [0.25, 0.3) is 5.91 Å². The van der Waals surface area contributed by atoms with Gasteiger partial charge in [-0.2, -0.15) is 18.6 Å². The van der Waals surface area contributed by atoms with Crippen molar-refractivity contribution in [1.29, 1.82) is 0 Å². The first-order valence-corrected chi connectivity index (χ1v) is 13.0. The summed E-state index contributed by atoms with van der Waals surface area (Å²) >= 11 is 0. The van der Waals surface area contributed by atoms with E-state index in [2.05, 4.69) is 59.5 Å². The van der Waals surface area contributed by atoms with Crippen molar-refractivity contribution in [2.24, 2.45) is 0 Å². The molecule has 0 saturated heterocycles. The molecule has 0 saturated carbocycles. The quantitative estimate of drug-likeness (QED) is 0.322. The Labute approximate surface area is 224 Å². The van der Waals surface area contributed by atoms with Crippen molar-refractivity contribution in [3.05, 3.63) is 82.9 Å². The summed E-state index contributed by atoms with van der Waals surface area (Å²) in [4.78, 5) is 19.1. The molecule has 2 aromatic heterocycles. The van der Waals surface area contributed by atoms with E-state index in [0.29, 0.717) is 17.5 Å². The third kappa shape index (κ3) is 8.49. The largest absolute Gasteiger partial charge is 0.333 e. The lowest BCUT2D eigenvalue weighted by Gasteiger charge is -2.26. The van der Waals surface area contributed by atoms with Crippen molar-refractivity contribution < 1.29 is 4.79 Å². The van der Waals surface area contributed by atoms with Gasteiger partial charge in [-0.25, -0.2) is 0 Å². The molecule has 0 spiro atoms. The Kier molecular flexibility index (Phi) is 14.1. The van der Waals surface area contributed by atoms with Crippen LogP contribution in [0.15, 0.2) is 54.9 Å². The van der Waals surface area contributed by atoms with Gasteiger partial charge in [0.15, 0.2) is 0 Å². The Morgan fingerprint density at radius 2 is 1.81 bits per heavy atom. The summed E-state index contributed by atoms with van der Waals surface area (Å²) in [5, 5.41) is 11.0. The minimum absolute atomic E-state index is 0. The van der Waals surface area contributed by atoms with Crippen LogP contribution in [0.3, 0.4) is 0 Å². The first-order chi connectivity index (χ1) is 16.9. The number of carbonyl (C=O) groups excluding carboxylic acids is 1. The second kappa shape index (κ2) is 16.2. The lowest BCUT2D eigenvalue weighted by atomic mass is 9.92. The zero-order valence-electron chi connectivity index (χ0n) is 23.0. The molecule has 0 radical (unpaired) electrons. The molecule has 3 atom stereocenters. The number of carbonyl (C=O) groups is 1. The molecular weight excluding hydrogens is 466 g/mol. The van der Waals surface area contributed by atoms with Gasteiger partial charge in [-0.15, -0.1) is 0 Å². The smallest absolute Gasteiger partial charge is 0.254 e. The third-order valence-corrected chi connectivity index (χ3v) is 6.52. The van der Waals surface area contributed by atoms with E-state index in [4.69, 9.17) is 0 Å². The first-order valence-electron chi connectivity index (χ1n) is 13.0. The van der Waals surface area contributed by atoms with Crippen LogP contribution in [-0.4, -0.2) is 45.6 Å². The van der Waals surface area contributed by atoms with E-state index in [0.717, 1.165) is 37.2 Å². The van der Waals surface area contributed by atoms with Gasteiger partial charge in [-0.3, -0.25) is 14.9 Å². The molecule has 1 amide bonds. The molecule has 0 aliphatic heterocycles. The lowest BCUT2D eigenvalue weighted by molar-refractivity contribution is 0.0722. The molecule has 0 fully saturated rings. The zero-order chi connectivity index (χ0) is 25.8. The highest BCUT2D eigenvalue weighted by atomic mass is 32.1. The van der Waals surface area contributed by atoms with Gasteiger partial charge in [0.1, 0.15) is 0 Å². The van der Waals surface area contributed by atoms with Crippen molar-refractivity contribution in [3.63, 3.8) is 0 Å². The lowest BCUT2D eigenvalue weighted by Crippen LogP contribution is -2.34.